The molecule has 0 fully saturated rings. The Morgan fingerprint density at radius 2 is 1.61 bits per heavy atom. The minimum atomic E-state index is -0.0390. The third kappa shape index (κ3) is 6.12. The minimum Gasteiger partial charge on any atom is -0.454 e. The van der Waals surface area contributed by atoms with Crippen LogP contribution in [0, 0.1) is 0 Å². The highest BCUT2D eigenvalue weighted by Gasteiger charge is 2.15. The van der Waals surface area contributed by atoms with Crippen molar-refractivity contribution in [1.29, 1.82) is 0 Å². The number of ether oxygens (including phenoxy) is 2. The van der Waals surface area contributed by atoms with Crippen molar-refractivity contribution in [3.05, 3.63) is 23.8 Å². The van der Waals surface area contributed by atoms with Gasteiger partial charge in [-0.3, -0.25) is 4.79 Å². The van der Waals surface area contributed by atoms with Gasteiger partial charge in [-0.05, 0) is 24.6 Å². The first-order valence-corrected chi connectivity index (χ1v) is 8.99. The number of carbonyl (C=O) groups excluding carboxylic acids is 1. The molecule has 2 rings (SSSR count). The number of rotatable bonds is 11. The monoisotopic (exact) mass is 319 g/mol. The standard InChI is InChI=1S/C19H29NO3/c1-2-3-4-5-6-7-8-9-10-13-20-19(21)16-11-12-17-18(14-16)23-15-22-17/h11-12,14H,2-10,13,15H2,1H3,(H,20,21). The van der Waals surface area contributed by atoms with Gasteiger partial charge in [-0.25, -0.2) is 0 Å². The number of hydrogen-bond donors (Lipinski definition) is 1. The van der Waals surface area contributed by atoms with Gasteiger partial charge in [0, 0.05) is 12.1 Å². The second-order valence-electron chi connectivity index (χ2n) is 6.15. The predicted octanol–water partition coefficient (Wildman–Crippen LogP) is 4.68. The Bertz CT molecular complexity index is 488. The Labute approximate surface area is 139 Å². The van der Waals surface area contributed by atoms with Crippen LogP contribution in [-0.4, -0.2) is 19.2 Å². The highest BCUT2D eigenvalue weighted by Crippen LogP contribution is 2.32. The molecule has 1 aliphatic rings. The minimum absolute atomic E-state index is 0.0390. The van der Waals surface area contributed by atoms with Crippen molar-refractivity contribution in [1.82, 2.24) is 5.32 Å². The Kier molecular flexibility index (Phi) is 7.78. The first-order valence-electron chi connectivity index (χ1n) is 8.99. The molecule has 1 amide bonds. The molecule has 0 saturated carbocycles. The quantitative estimate of drug-likeness (QED) is 0.603. The smallest absolute Gasteiger partial charge is 0.251 e. The number of carbonyl (C=O) groups is 1. The molecular formula is C19H29NO3. The molecular weight excluding hydrogens is 290 g/mol. The van der Waals surface area contributed by atoms with E-state index in [1.807, 2.05) is 0 Å². The van der Waals surface area contributed by atoms with E-state index < -0.39 is 0 Å². The Morgan fingerprint density at radius 1 is 0.957 bits per heavy atom. The average molecular weight is 319 g/mol. The van der Waals surface area contributed by atoms with E-state index in [9.17, 15) is 4.79 Å². The molecule has 1 aromatic carbocycles. The second-order valence-corrected chi connectivity index (χ2v) is 6.15. The van der Waals surface area contributed by atoms with E-state index in [-0.39, 0.29) is 12.7 Å². The summed E-state index contributed by atoms with van der Waals surface area (Å²) >= 11 is 0. The van der Waals surface area contributed by atoms with Gasteiger partial charge in [0.05, 0.1) is 0 Å². The van der Waals surface area contributed by atoms with E-state index in [1.165, 1.54) is 51.4 Å². The van der Waals surface area contributed by atoms with E-state index >= 15 is 0 Å². The summed E-state index contributed by atoms with van der Waals surface area (Å²) in [5.74, 6) is 1.32. The normalized spacial score (nSPS) is 12.4. The molecule has 0 bridgehead atoms. The van der Waals surface area contributed by atoms with E-state index in [0.717, 1.165) is 13.0 Å². The van der Waals surface area contributed by atoms with E-state index in [1.54, 1.807) is 18.2 Å². The SMILES string of the molecule is CCCCCCCCCCCNC(=O)c1ccc2c(c1)OCO2. The summed E-state index contributed by atoms with van der Waals surface area (Å²) in [6.07, 6.45) is 11.6. The van der Waals surface area contributed by atoms with Gasteiger partial charge < -0.3 is 14.8 Å². The van der Waals surface area contributed by atoms with E-state index in [4.69, 9.17) is 9.47 Å². The lowest BCUT2D eigenvalue weighted by molar-refractivity contribution is 0.0952. The number of hydrogen-bond acceptors (Lipinski definition) is 3. The molecule has 0 atom stereocenters. The molecule has 128 valence electrons. The van der Waals surface area contributed by atoms with Crippen LogP contribution in [0.25, 0.3) is 0 Å². The van der Waals surface area contributed by atoms with Gasteiger partial charge in [-0.15, -0.1) is 0 Å². The molecule has 4 heteroatoms. The first kappa shape index (κ1) is 17.6. The summed E-state index contributed by atoms with van der Waals surface area (Å²) in [5, 5.41) is 2.97. The van der Waals surface area contributed by atoms with Gasteiger partial charge in [0.25, 0.3) is 5.91 Å². The maximum absolute atomic E-state index is 12.1. The number of unbranched alkanes of at least 4 members (excludes halogenated alkanes) is 8. The number of benzene rings is 1. The first-order chi connectivity index (χ1) is 11.3. The van der Waals surface area contributed by atoms with Crippen molar-refractivity contribution in [3.8, 4) is 11.5 Å². The number of fused-ring (bicyclic) bond motifs is 1. The molecule has 0 spiro atoms. The Morgan fingerprint density at radius 3 is 2.35 bits per heavy atom. The summed E-state index contributed by atoms with van der Waals surface area (Å²) in [7, 11) is 0. The third-order valence-corrected chi connectivity index (χ3v) is 4.20. The molecule has 4 nitrogen and oxygen atoms in total. The molecule has 0 radical (unpaired) electrons. The summed E-state index contributed by atoms with van der Waals surface area (Å²) in [6, 6.07) is 5.31. The van der Waals surface area contributed by atoms with Crippen LogP contribution in [0.5, 0.6) is 11.5 Å². The maximum Gasteiger partial charge on any atom is 0.251 e. The predicted molar refractivity (Wildman–Crippen MR) is 92.1 cm³/mol. The molecule has 0 aromatic heterocycles. The van der Waals surface area contributed by atoms with Gasteiger partial charge in [-0.2, -0.15) is 0 Å². The molecule has 1 N–H and O–H groups in total. The fourth-order valence-corrected chi connectivity index (χ4v) is 2.78. The lowest BCUT2D eigenvalue weighted by Crippen LogP contribution is -2.24. The fourth-order valence-electron chi connectivity index (χ4n) is 2.78. The van der Waals surface area contributed by atoms with Crippen LogP contribution in [0.1, 0.15) is 75.1 Å². The second kappa shape index (κ2) is 10.1. The molecule has 0 aliphatic carbocycles. The lowest BCUT2D eigenvalue weighted by Gasteiger charge is -2.06. The molecule has 1 aliphatic heterocycles. The lowest BCUT2D eigenvalue weighted by atomic mass is 10.1. The zero-order valence-corrected chi connectivity index (χ0v) is 14.2. The van der Waals surface area contributed by atoms with Crippen molar-refractivity contribution in [2.75, 3.05) is 13.3 Å². The Balaban J connectivity index is 1.52. The van der Waals surface area contributed by atoms with Crippen LogP contribution in [0.4, 0.5) is 0 Å². The molecule has 23 heavy (non-hydrogen) atoms. The largest absolute Gasteiger partial charge is 0.454 e. The topological polar surface area (TPSA) is 47.6 Å². The summed E-state index contributed by atoms with van der Waals surface area (Å²) in [4.78, 5) is 12.1. The summed E-state index contributed by atoms with van der Waals surface area (Å²) < 4.78 is 10.5. The van der Waals surface area contributed by atoms with Crippen molar-refractivity contribution >= 4 is 5.91 Å². The highest BCUT2D eigenvalue weighted by molar-refractivity contribution is 5.94. The van der Waals surface area contributed by atoms with Crippen LogP contribution >= 0.6 is 0 Å². The zero-order valence-electron chi connectivity index (χ0n) is 14.2. The van der Waals surface area contributed by atoms with Crippen LogP contribution in [0.3, 0.4) is 0 Å². The maximum atomic E-state index is 12.1. The van der Waals surface area contributed by atoms with Crippen molar-refractivity contribution in [2.24, 2.45) is 0 Å². The molecule has 0 saturated heterocycles. The molecule has 0 unspecified atom stereocenters. The van der Waals surface area contributed by atoms with Gasteiger partial charge in [0.15, 0.2) is 11.5 Å². The van der Waals surface area contributed by atoms with E-state index in [2.05, 4.69) is 12.2 Å². The van der Waals surface area contributed by atoms with Gasteiger partial charge in [0.2, 0.25) is 6.79 Å². The van der Waals surface area contributed by atoms with Crippen LogP contribution in [0.15, 0.2) is 18.2 Å². The molecule has 1 heterocycles. The average Bonchev–Trinajstić information content (AvgIpc) is 3.04. The highest BCUT2D eigenvalue weighted by atomic mass is 16.7. The van der Waals surface area contributed by atoms with Crippen LogP contribution < -0.4 is 14.8 Å². The summed E-state index contributed by atoms with van der Waals surface area (Å²) in [5.41, 5.74) is 0.630. The summed E-state index contributed by atoms with van der Waals surface area (Å²) in [6.45, 7) is 3.22. The zero-order chi connectivity index (χ0) is 16.3. The fraction of sp³-hybridized carbons (Fsp3) is 0.632. The van der Waals surface area contributed by atoms with Gasteiger partial charge in [-0.1, -0.05) is 58.3 Å². The number of amides is 1. The van der Waals surface area contributed by atoms with Crippen molar-refractivity contribution in [2.45, 2.75) is 64.7 Å². The van der Waals surface area contributed by atoms with Crippen molar-refractivity contribution < 1.29 is 14.3 Å². The van der Waals surface area contributed by atoms with Gasteiger partial charge >= 0.3 is 0 Å². The Hall–Kier alpha value is -1.71. The third-order valence-electron chi connectivity index (χ3n) is 4.20. The van der Waals surface area contributed by atoms with Gasteiger partial charge in [0.1, 0.15) is 0 Å². The van der Waals surface area contributed by atoms with Crippen LogP contribution in [-0.2, 0) is 0 Å². The van der Waals surface area contributed by atoms with Crippen LogP contribution in [0.2, 0.25) is 0 Å². The van der Waals surface area contributed by atoms with E-state index in [0.29, 0.717) is 17.1 Å². The van der Waals surface area contributed by atoms with Crippen molar-refractivity contribution in [3.63, 3.8) is 0 Å². The molecule has 1 aromatic rings. The number of nitrogens with one attached hydrogen (secondary N) is 1.